The zero-order valence-electron chi connectivity index (χ0n) is 16.6. The molecule has 0 spiro atoms. The number of aromatic nitrogens is 1. The van der Waals surface area contributed by atoms with Crippen LogP contribution in [0.15, 0.2) is 47.3 Å². The smallest absolute Gasteiger partial charge is 0.324 e. The molecular formula is C19H18F3N3O4S2. The van der Waals surface area contributed by atoms with Crippen LogP contribution < -0.4 is 14.5 Å². The molecule has 31 heavy (non-hydrogen) atoms. The van der Waals surface area contributed by atoms with E-state index in [-0.39, 0.29) is 10.6 Å². The lowest BCUT2D eigenvalue weighted by atomic mass is 10.1. The molecule has 3 aromatic rings. The van der Waals surface area contributed by atoms with Crippen molar-refractivity contribution in [2.75, 3.05) is 15.9 Å². The van der Waals surface area contributed by atoms with Gasteiger partial charge in [0.15, 0.2) is 0 Å². The molecule has 1 atom stereocenters. The van der Waals surface area contributed by atoms with Gasteiger partial charge in [0.05, 0.1) is 27.7 Å². The van der Waals surface area contributed by atoms with Crippen molar-refractivity contribution in [1.29, 1.82) is 0 Å². The third-order valence-electron chi connectivity index (χ3n) is 4.58. The lowest BCUT2D eigenvalue weighted by Gasteiger charge is -2.28. The molecule has 0 aliphatic heterocycles. The number of nitrogens with zero attached hydrogens (tertiary/aromatic N) is 2. The highest BCUT2D eigenvalue weighted by molar-refractivity contribution is 7.92. The van der Waals surface area contributed by atoms with E-state index in [0.29, 0.717) is 26.3 Å². The van der Waals surface area contributed by atoms with Crippen LogP contribution in [-0.4, -0.2) is 31.2 Å². The van der Waals surface area contributed by atoms with Crippen LogP contribution >= 0.6 is 11.3 Å². The van der Waals surface area contributed by atoms with E-state index in [0.717, 1.165) is 29.7 Å². The first-order valence-electron chi connectivity index (χ1n) is 8.86. The van der Waals surface area contributed by atoms with E-state index < -0.39 is 33.7 Å². The van der Waals surface area contributed by atoms with Crippen molar-refractivity contribution < 1.29 is 26.4 Å². The van der Waals surface area contributed by atoms with Gasteiger partial charge in [-0.15, -0.1) is 0 Å². The van der Waals surface area contributed by atoms with Gasteiger partial charge in [-0.2, -0.15) is 13.2 Å². The summed E-state index contributed by atoms with van der Waals surface area (Å²) in [6.07, 6.45) is -3.86. The lowest BCUT2D eigenvalue weighted by molar-refractivity contribution is -0.137. The number of thiazole rings is 1. The van der Waals surface area contributed by atoms with Crippen LogP contribution in [0.1, 0.15) is 12.5 Å². The number of carbonyl (C=O) groups excluding carboxylic acids is 1. The summed E-state index contributed by atoms with van der Waals surface area (Å²) in [6.45, 7) is 1.27. The maximum Gasteiger partial charge on any atom is 0.416 e. The summed E-state index contributed by atoms with van der Waals surface area (Å²) in [5.41, 5.74) is -0.320. The van der Waals surface area contributed by atoms with Crippen molar-refractivity contribution in [2.24, 2.45) is 7.05 Å². The predicted octanol–water partition coefficient (Wildman–Crippen LogP) is 3.41. The molecular weight excluding hydrogens is 455 g/mol. The highest BCUT2D eigenvalue weighted by Gasteiger charge is 2.34. The number of hydrogen-bond donors (Lipinski definition) is 1. The summed E-state index contributed by atoms with van der Waals surface area (Å²) in [5, 5.41) is 2.56. The maximum atomic E-state index is 13.1. The molecule has 0 saturated carbocycles. The number of sulfonamides is 1. The average molecular weight is 473 g/mol. The molecule has 0 aliphatic carbocycles. The minimum absolute atomic E-state index is 0.181. The fourth-order valence-electron chi connectivity index (χ4n) is 3.09. The molecule has 3 rings (SSSR count). The largest absolute Gasteiger partial charge is 0.416 e. The van der Waals surface area contributed by atoms with Crippen LogP contribution in [0.4, 0.5) is 24.5 Å². The predicted molar refractivity (Wildman–Crippen MR) is 114 cm³/mol. The summed E-state index contributed by atoms with van der Waals surface area (Å²) >= 11 is 0.983. The highest BCUT2D eigenvalue weighted by atomic mass is 32.2. The zero-order chi connectivity index (χ0) is 23.1. The van der Waals surface area contributed by atoms with Crippen molar-refractivity contribution in [3.8, 4) is 0 Å². The Labute approximate surface area is 179 Å². The Morgan fingerprint density at radius 1 is 1.19 bits per heavy atom. The number of aryl methyl sites for hydroxylation is 1. The molecule has 1 aromatic heterocycles. The van der Waals surface area contributed by atoms with Gasteiger partial charge in [-0.05, 0) is 43.3 Å². The number of benzene rings is 2. The Morgan fingerprint density at radius 3 is 2.48 bits per heavy atom. The SMILES string of the molecule is C[C@H](C(=O)Nc1ccc2c(c1)sc(=O)n2C)N(c1cccc(C(F)(F)F)c1)S(C)(=O)=O. The monoisotopic (exact) mass is 473 g/mol. The second kappa shape index (κ2) is 8.00. The van der Waals surface area contributed by atoms with Crippen LogP contribution in [0.2, 0.25) is 0 Å². The van der Waals surface area contributed by atoms with Gasteiger partial charge < -0.3 is 9.88 Å². The van der Waals surface area contributed by atoms with E-state index in [1.54, 1.807) is 25.2 Å². The summed E-state index contributed by atoms with van der Waals surface area (Å²) in [7, 11) is -2.48. The number of nitrogens with one attached hydrogen (secondary N) is 1. The molecule has 0 saturated heterocycles. The molecule has 0 bridgehead atoms. The number of carbonyl (C=O) groups is 1. The van der Waals surface area contributed by atoms with E-state index in [2.05, 4.69) is 5.32 Å². The molecule has 1 N–H and O–H groups in total. The van der Waals surface area contributed by atoms with Crippen LogP contribution in [0, 0.1) is 0 Å². The number of amides is 1. The Kier molecular flexibility index (Phi) is 5.89. The Balaban J connectivity index is 1.93. The van der Waals surface area contributed by atoms with Gasteiger partial charge in [-0.3, -0.25) is 13.9 Å². The zero-order valence-corrected chi connectivity index (χ0v) is 18.2. The first-order chi connectivity index (χ1) is 14.3. The topological polar surface area (TPSA) is 88.5 Å². The molecule has 0 aliphatic rings. The molecule has 2 aromatic carbocycles. The highest BCUT2D eigenvalue weighted by Crippen LogP contribution is 2.33. The third-order valence-corrected chi connectivity index (χ3v) is 6.81. The molecule has 7 nitrogen and oxygen atoms in total. The number of rotatable bonds is 5. The first-order valence-corrected chi connectivity index (χ1v) is 11.5. The summed E-state index contributed by atoms with van der Waals surface area (Å²) in [5.74, 6) is -0.745. The quantitative estimate of drug-likeness (QED) is 0.615. The molecule has 0 radical (unpaired) electrons. The second-order valence-corrected chi connectivity index (χ2v) is 9.73. The van der Waals surface area contributed by atoms with Gasteiger partial charge >= 0.3 is 11.0 Å². The van der Waals surface area contributed by atoms with Crippen LogP contribution in [0.3, 0.4) is 0 Å². The molecule has 0 fully saturated rings. The second-order valence-electron chi connectivity index (χ2n) is 6.88. The summed E-state index contributed by atoms with van der Waals surface area (Å²) in [6, 6.07) is 7.17. The minimum atomic E-state index is -4.67. The fraction of sp³-hybridized carbons (Fsp3) is 0.263. The third kappa shape index (κ3) is 4.74. The molecule has 1 amide bonds. The Morgan fingerprint density at radius 2 is 1.87 bits per heavy atom. The fourth-order valence-corrected chi connectivity index (χ4v) is 5.17. The standard InChI is InChI=1S/C19H18F3N3O4S2/c1-11(17(26)23-13-7-8-15-16(10-13)30-18(27)24(15)2)25(31(3,28)29)14-6-4-5-12(9-14)19(20,21)22/h4-11H,1-3H3,(H,23,26)/t11-/m1/s1. The summed E-state index contributed by atoms with van der Waals surface area (Å²) < 4.78 is 66.6. The van der Waals surface area contributed by atoms with Gasteiger partial charge in [0, 0.05) is 12.7 Å². The Hall–Kier alpha value is -2.86. The van der Waals surface area contributed by atoms with Crippen LogP contribution in [-0.2, 0) is 28.0 Å². The number of hydrogen-bond acceptors (Lipinski definition) is 5. The Bertz CT molecular complexity index is 1310. The van der Waals surface area contributed by atoms with Crippen LogP contribution in [0.25, 0.3) is 10.2 Å². The molecule has 0 unspecified atom stereocenters. The minimum Gasteiger partial charge on any atom is -0.324 e. The number of anilines is 2. The lowest BCUT2D eigenvalue weighted by Crippen LogP contribution is -2.45. The normalized spacial score (nSPS) is 13.2. The van der Waals surface area contributed by atoms with Gasteiger partial charge in [-0.25, -0.2) is 8.42 Å². The summed E-state index contributed by atoms with van der Waals surface area (Å²) in [4.78, 5) is 24.4. The van der Waals surface area contributed by atoms with Crippen molar-refractivity contribution in [2.45, 2.75) is 19.1 Å². The van der Waals surface area contributed by atoms with E-state index >= 15 is 0 Å². The van der Waals surface area contributed by atoms with E-state index in [4.69, 9.17) is 0 Å². The van der Waals surface area contributed by atoms with E-state index in [1.807, 2.05) is 0 Å². The van der Waals surface area contributed by atoms with Crippen molar-refractivity contribution in [3.63, 3.8) is 0 Å². The van der Waals surface area contributed by atoms with Crippen molar-refractivity contribution >= 4 is 48.9 Å². The number of fused-ring (bicyclic) bond motifs is 1. The molecule has 12 heteroatoms. The van der Waals surface area contributed by atoms with Crippen molar-refractivity contribution in [3.05, 3.63) is 57.7 Å². The van der Waals surface area contributed by atoms with Gasteiger partial charge in [0.25, 0.3) is 0 Å². The average Bonchev–Trinajstić information content (AvgIpc) is 2.93. The molecule has 1 heterocycles. The van der Waals surface area contributed by atoms with Crippen molar-refractivity contribution in [1.82, 2.24) is 4.57 Å². The van der Waals surface area contributed by atoms with Crippen LogP contribution in [0.5, 0.6) is 0 Å². The van der Waals surface area contributed by atoms with E-state index in [1.165, 1.54) is 17.6 Å². The van der Waals surface area contributed by atoms with Gasteiger partial charge in [0.2, 0.25) is 15.9 Å². The van der Waals surface area contributed by atoms with E-state index in [9.17, 15) is 31.2 Å². The van der Waals surface area contributed by atoms with Gasteiger partial charge in [0.1, 0.15) is 6.04 Å². The van der Waals surface area contributed by atoms with Gasteiger partial charge in [-0.1, -0.05) is 17.4 Å². The first kappa shape index (κ1) is 22.8. The number of alkyl halides is 3. The maximum absolute atomic E-state index is 13.1. The number of halogens is 3. The molecule has 166 valence electrons.